The molecule has 56 valence electrons. The van der Waals surface area contributed by atoms with Gasteiger partial charge in [0.1, 0.15) is 0 Å². The Labute approximate surface area is 68.3 Å². The lowest BCUT2D eigenvalue weighted by Crippen LogP contribution is -1.92. The predicted octanol–water partition coefficient (Wildman–Crippen LogP) is 1.64. The molecule has 0 fully saturated rings. The van der Waals surface area contributed by atoms with E-state index in [-0.39, 0.29) is 0 Å². The molecule has 0 atom stereocenters. The average molecular weight is 165 g/mol. The Morgan fingerprint density at radius 1 is 1.55 bits per heavy atom. The summed E-state index contributed by atoms with van der Waals surface area (Å²) in [5.74, 6) is 0. The van der Waals surface area contributed by atoms with Crippen molar-refractivity contribution in [3.8, 4) is 5.13 Å². The van der Waals surface area contributed by atoms with E-state index in [2.05, 4.69) is 10.1 Å². The Hall–Kier alpha value is -1.16. The number of aromatic nitrogens is 3. The molecule has 0 spiro atoms. The molecule has 0 aromatic carbocycles. The van der Waals surface area contributed by atoms with E-state index >= 15 is 0 Å². The monoisotopic (exact) mass is 165 g/mol. The summed E-state index contributed by atoms with van der Waals surface area (Å²) in [7, 11) is 0. The summed E-state index contributed by atoms with van der Waals surface area (Å²) in [6, 6.07) is 1.89. The summed E-state index contributed by atoms with van der Waals surface area (Å²) in [6.07, 6.45) is 3.63. The van der Waals surface area contributed by atoms with Crippen LogP contribution < -0.4 is 0 Å². The second kappa shape index (κ2) is 2.47. The van der Waals surface area contributed by atoms with Crippen LogP contribution in [0.15, 0.2) is 23.8 Å². The maximum absolute atomic E-state index is 4.27. The van der Waals surface area contributed by atoms with Crippen LogP contribution in [0.3, 0.4) is 0 Å². The third-order valence-electron chi connectivity index (χ3n) is 1.31. The van der Waals surface area contributed by atoms with Crippen molar-refractivity contribution in [2.75, 3.05) is 0 Å². The highest BCUT2D eigenvalue weighted by atomic mass is 32.1. The van der Waals surface area contributed by atoms with Crippen LogP contribution in [0.2, 0.25) is 0 Å². The molecule has 2 rings (SSSR count). The molecule has 0 aliphatic rings. The maximum Gasteiger partial charge on any atom is 0.210 e. The Bertz CT molecular complexity index is 336. The van der Waals surface area contributed by atoms with Gasteiger partial charge in [0.05, 0.1) is 5.69 Å². The van der Waals surface area contributed by atoms with Crippen LogP contribution in [0.25, 0.3) is 5.13 Å². The zero-order valence-electron chi connectivity index (χ0n) is 6.06. The fourth-order valence-electron chi connectivity index (χ4n) is 0.829. The van der Waals surface area contributed by atoms with Crippen molar-refractivity contribution in [2.24, 2.45) is 0 Å². The first-order valence-electron chi connectivity index (χ1n) is 3.28. The van der Waals surface area contributed by atoms with E-state index in [9.17, 15) is 0 Å². The van der Waals surface area contributed by atoms with Gasteiger partial charge in [0.2, 0.25) is 5.13 Å². The summed E-state index contributed by atoms with van der Waals surface area (Å²) >= 11 is 1.60. The summed E-state index contributed by atoms with van der Waals surface area (Å²) in [4.78, 5) is 4.27. The van der Waals surface area contributed by atoms with Gasteiger partial charge >= 0.3 is 0 Å². The topological polar surface area (TPSA) is 30.7 Å². The first-order chi connectivity index (χ1) is 5.36. The number of hydrogen-bond acceptors (Lipinski definition) is 3. The van der Waals surface area contributed by atoms with Gasteiger partial charge in [-0.2, -0.15) is 5.10 Å². The van der Waals surface area contributed by atoms with Crippen LogP contribution in [0, 0.1) is 6.92 Å². The minimum Gasteiger partial charge on any atom is -0.224 e. The quantitative estimate of drug-likeness (QED) is 0.643. The second-order valence-electron chi connectivity index (χ2n) is 2.22. The van der Waals surface area contributed by atoms with E-state index < -0.39 is 0 Å². The van der Waals surface area contributed by atoms with Crippen molar-refractivity contribution in [3.05, 3.63) is 29.5 Å². The first kappa shape index (κ1) is 6.54. The van der Waals surface area contributed by atoms with Crippen molar-refractivity contribution in [1.82, 2.24) is 14.8 Å². The van der Waals surface area contributed by atoms with Crippen molar-refractivity contribution in [1.29, 1.82) is 0 Å². The lowest BCUT2D eigenvalue weighted by molar-refractivity contribution is 0.865. The molecule has 0 bridgehead atoms. The van der Waals surface area contributed by atoms with E-state index in [1.165, 1.54) is 0 Å². The Morgan fingerprint density at radius 3 is 3.00 bits per heavy atom. The zero-order valence-corrected chi connectivity index (χ0v) is 6.88. The lowest BCUT2D eigenvalue weighted by Gasteiger charge is -1.90. The normalized spacial score (nSPS) is 10.3. The molecule has 0 aliphatic heterocycles. The number of nitrogens with zero attached hydrogens (tertiary/aromatic N) is 3. The smallest absolute Gasteiger partial charge is 0.210 e. The van der Waals surface area contributed by atoms with Crippen LogP contribution in [0.1, 0.15) is 5.69 Å². The van der Waals surface area contributed by atoms with Gasteiger partial charge in [-0.15, -0.1) is 11.3 Å². The molecule has 2 heterocycles. The van der Waals surface area contributed by atoms with E-state index in [0.717, 1.165) is 10.8 Å². The molecule has 0 aliphatic carbocycles. The van der Waals surface area contributed by atoms with Crippen LogP contribution in [-0.4, -0.2) is 14.8 Å². The highest BCUT2D eigenvalue weighted by Gasteiger charge is 1.98. The molecular formula is C7H7N3S. The molecule has 4 heteroatoms. The fraction of sp³-hybridized carbons (Fsp3) is 0.143. The van der Waals surface area contributed by atoms with Crippen molar-refractivity contribution < 1.29 is 0 Å². The Kier molecular flexibility index (Phi) is 1.47. The van der Waals surface area contributed by atoms with Crippen LogP contribution in [0.5, 0.6) is 0 Å². The van der Waals surface area contributed by atoms with Crippen molar-refractivity contribution >= 4 is 11.3 Å². The summed E-state index contributed by atoms with van der Waals surface area (Å²) in [5, 5.41) is 7.00. The minimum absolute atomic E-state index is 0.924. The van der Waals surface area contributed by atoms with E-state index in [1.54, 1.807) is 22.2 Å². The number of rotatable bonds is 1. The third-order valence-corrected chi connectivity index (χ3v) is 2.26. The first-order valence-corrected chi connectivity index (χ1v) is 4.16. The molecule has 2 aromatic heterocycles. The SMILES string of the molecule is Cc1csc(-n2cccn2)n1. The maximum atomic E-state index is 4.27. The zero-order chi connectivity index (χ0) is 7.68. The largest absolute Gasteiger partial charge is 0.224 e. The van der Waals surface area contributed by atoms with E-state index in [0.29, 0.717) is 0 Å². The molecule has 0 saturated carbocycles. The Balaban J connectivity index is 2.45. The minimum atomic E-state index is 0.924. The molecule has 0 radical (unpaired) electrons. The van der Waals surface area contributed by atoms with Gasteiger partial charge in [-0.3, -0.25) is 0 Å². The fourth-order valence-corrected chi connectivity index (χ4v) is 1.57. The second-order valence-corrected chi connectivity index (χ2v) is 3.06. The van der Waals surface area contributed by atoms with Gasteiger partial charge < -0.3 is 0 Å². The Morgan fingerprint density at radius 2 is 2.45 bits per heavy atom. The standard InChI is InChI=1S/C7H7N3S/c1-6-5-11-7(9-6)10-4-2-3-8-10/h2-5H,1H3. The van der Waals surface area contributed by atoms with Gasteiger partial charge in [0.25, 0.3) is 0 Å². The average Bonchev–Trinajstić information content (AvgIpc) is 2.55. The van der Waals surface area contributed by atoms with Crippen molar-refractivity contribution in [3.63, 3.8) is 0 Å². The molecule has 0 saturated heterocycles. The molecule has 0 amide bonds. The number of hydrogen-bond donors (Lipinski definition) is 0. The van der Waals surface area contributed by atoms with Gasteiger partial charge in [0, 0.05) is 17.8 Å². The van der Waals surface area contributed by atoms with Crippen LogP contribution >= 0.6 is 11.3 Å². The number of aryl methyl sites for hydroxylation is 1. The third kappa shape index (κ3) is 1.17. The van der Waals surface area contributed by atoms with Crippen molar-refractivity contribution in [2.45, 2.75) is 6.92 Å². The van der Waals surface area contributed by atoms with E-state index in [4.69, 9.17) is 0 Å². The molecule has 11 heavy (non-hydrogen) atoms. The molecule has 0 N–H and O–H groups in total. The summed E-state index contributed by atoms with van der Waals surface area (Å²) in [5.41, 5.74) is 1.04. The molecule has 2 aromatic rings. The summed E-state index contributed by atoms with van der Waals surface area (Å²) < 4.78 is 1.76. The predicted molar refractivity (Wildman–Crippen MR) is 44.0 cm³/mol. The van der Waals surface area contributed by atoms with Gasteiger partial charge in [-0.05, 0) is 13.0 Å². The van der Waals surface area contributed by atoms with Crippen LogP contribution in [0.4, 0.5) is 0 Å². The highest BCUT2D eigenvalue weighted by Crippen LogP contribution is 2.12. The highest BCUT2D eigenvalue weighted by molar-refractivity contribution is 7.12. The van der Waals surface area contributed by atoms with Gasteiger partial charge in [0.15, 0.2) is 0 Å². The van der Waals surface area contributed by atoms with E-state index in [1.807, 2.05) is 24.6 Å². The van der Waals surface area contributed by atoms with Gasteiger partial charge in [-0.25, -0.2) is 9.67 Å². The summed E-state index contributed by atoms with van der Waals surface area (Å²) in [6.45, 7) is 1.98. The van der Waals surface area contributed by atoms with Gasteiger partial charge in [-0.1, -0.05) is 0 Å². The lowest BCUT2D eigenvalue weighted by atomic mass is 10.6. The molecule has 3 nitrogen and oxygen atoms in total. The molecular weight excluding hydrogens is 158 g/mol. The number of thiazole rings is 1. The van der Waals surface area contributed by atoms with Crippen LogP contribution in [-0.2, 0) is 0 Å². The molecule has 0 unspecified atom stereocenters.